The number of rotatable bonds is 2. The first-order valence-electron chi connectivity index (χ1n) is 5.47. The molecule has 0 aliphatic carbocycles. The second-order valence-electron chi connectivity index (χ2n) is 4.15. The van der Waals surface area contributed by atoms with Crippen LogP contribution in [0.1, 0.15) is 23.2 Å². The van der Waals surface area contributed by atoms with Crippen molar-refractivity contribution in [2.45, 2.75) is 12.8 Å². The summed E-state index contributed by atoms with van der Waals surface area (Å²) in [6, 6.07) is 8.90. The minimum absolute atomic E-state index is 0.147. The summed E-state index contributed by atoms with van der Waals surface area (Å²) < 4.78 is 5.21. The third-order valence-corrected chi connectivity index (χ3v) is 3.32. The standard InChI is InChI=1S/C13H12ClNO2/c14-11-3-1-2-10(8-11)12(16)13(9-15)4-6-17-7-5-13/h1-3,8H,4-7H2. The summed E-state index contributed by atoms with van der Waals surface area (Å²) in [5.74, 6) is -0.147. The predicted molar refractivity (Wildman–Crippen MR) is 63.9 cm³/mol. The van der Waals surface area contributed by atoms with Gasteiger partial charge in [0.1, 0.15) is 5.41 Å². The van der Waals surface area contributed by atoms with Crippen LogP contribution >= 0.6 is 11.6 Å². The van der Waals surface area contributed by atoms with Crippen LogP contribution in [-0.4, -0.2) is 19.0 Å². The van der Waals surface area contributed by atoms with Crippen molar-refractivity contribution in [1.82, 2.24) is 0 Å². The molecule has 1 heterocycles. The van der Waals surface area contributed by atoms with E-state index in [9.17, 15) is 10.1 Å². The largest absolute Gasteiger partial charge is 0.381 e. The first-order valence-corrected chi connectivity index (χ1v) is 5.85. The molecule has 0 aromatic heterocycles. The Kier molecular flexibility index (Phi) is 3.46. The molecular formula is C13H12ClNO2. The SMILES string of the molecule is N#CC1(C(=O)c2cccc(Cl)c2)CCOCC1. The van der Waals surface area contributed by atoms with Crippen molar-refractivity contribution in [1.29, 1.82) is 5.26 Å². The van der Waals surface area contributed by atoms with E-state index in [4.69, 9.17) is 16.3 Å². The molecular weight excluding hydrogens is 238 g/mol. The lowest BCUT2D eigenvalue weighted by Gasteiger charge is -2.29. The van der Waals surface area contributed by atoms with Crippen molar-refractivity contribution in [3.8, 4) is 6.07 Å². The van der Waals surface area contributed by atoms with Gasteiger partial charge in [-0.1, -0.05) is 23.7 Å². The fourth-order valence-electron chi connectivity index (χ4n) is 2.02. The molecule has 1 aliphatic heterocycles. The Morgan fingerprint density at radius 2 is 2.12 bits per heavy atom. The maximum Gasteiger partial charge on any atom is 0.183 e. The Morgan fingerprint density at radius 3 is 2.71 bits per heavy atom. The van der Waals surface area contributed by atoms with Crippen LogP contribution in [0.3, 0.4) is 0 Å². The normalized spacial score (nSPS) is 18.4. The van der Waals surface area contributed by atoms with Gasteiger partial charge in [-0.3, -0.25) is 4.79 Å². The molecule has 17 heavy (non-hydrogen) atoms. The van der Waals surface area contributed by atoms with Crippen molar-refractivity contribution in [3.63, 3.8) is 0 Å². The van der Waals surface area contributed by atoms with Gasteiger partial charge in [-0.05, 0) is 25.0 Å². The maximum atomic E-state index is 12.4. The number of carbonyl (C=O) groups is 1. The smallest absolute Gasteiger partial charge is 0.183 e. The van der Waals surface area contributed by atoms with Gasteiger partial charge in [0, 0.05) is 23.8 Å². The molecule has 1 aromatic rings. The fourth-order valence-corrected chi connectivity index (χ4v) is 2.21. The van der Waals surface area contributed by atoms with Gasteiger partial charge in [-0.15, -0.1) is 0 Å². The minimum atomic E-state index is -0.942. The minimum Gasteiger partial charge on any atom is -0.381 e. The van der Waals surface area contributed by atoms with E-state index in [1.54, 1.807) is 24.3 Å². The van der Waals surface area contributed by atoms with Crippen LogP contribution in [0.4, 0.5) is 0 Å². The first-order chi connectivity index (χ1) is 8.18. The summed E-state index contributed by atoms with van der Waals surface area (Å²) in [5, 5.41) is 9.79. The van der Waals surface area contributed by atoms with Gasteiger partial charge in [0.2, 0.25) is 0 Å². The van der Waals surface area contributed by atoms with Gasteiger partial charge in [0.25, 0.3) is 0 Å². The highest BCUT2D eigenvalue weighted by atomic mass is 35.5. The van der Waals surface area contributed by atoms with E-state index < -0.39 is 5.41 Å². The molecule has 3 nitrogen and oxygen atoms in total. The van der Waals surface area contributed by atoms with Crippen molar-refractivity contribution in [2.75, 3.05) is 13.2 Å². The number of ether oxygens (including phenoxy) is 1. The molecule has 0 amide bonds. The van der Waals surface area contributed by atoms with Gasteiger partial charge in [-0.2, -0.15) is 5.26 Å². The van der Waals surface area contributed by atoms with E-state index in [-0.39, 0.29) is 5.78 Å². The lowest BCUT2D eigenvalue weighted by Crippen LogP contribution is -2.36. The van der Waals surface area contributed by atoms with Gasteiger partial charge in [0.15, 0.2) is 5.78 Å². The molecule has 1 aromatic carbocycles. The van der Waals surface area contributed by atoms with Gasteiger partial charge in [0.05, 0.1) is 6.07 Å². The fraction of sp³-hybridized carbons (Fsp3) is 0.385. The van der Waals surface area contributed by atoms with E-state index in [0.717, 1.165) is 0 Å². The second kappa shape index (κ2) is 4.87. The highest BCUT2D eigenvalue weighted by Crippen LogP contribution is 2.34. The lowest BCUT2D eigenvalue weighted by atomic mass is 9.75. The third-order valence-electron chi connectivity index (χ3n) is 3.08. The Hall–Kier alpha value is -1.37. The van der Waals surface area contributed by atoms with E-state index >= 15 is 0 Å². The number of nitriles is 1. The first kappa shape index (κ1) is 12.1. The number of hydrogen-bond acceptors (Lipinski definition) is 3. The zero-order valence-corrected chi connectivity index (χ0v) is 10.0. The number of ketones is 1. The molecule has 1 aliphatic rings. The summed E-state index contributed by atoms with van der Waals surface area (Å²) in [6.07, 6.45) is 0.906. The van der Waals surface area contributed by atoms with Crippen molar-refractivity contribution >= 4 is 17.4 Å². The number of nitrogens with zero attached hydrogens (tertiary/aromatic N) is 1. The molecule has 4 heteroatoms. The van der Waals surface area contributed by atoms with Gasteiger partial charge < -0.3 is 4.74 Å². The maximum absolute atomic E-state index is 12.4. The monoisotopic (exact) mass is 249 g/mol. The molecule has 0 bridgehead atoms. The number of Topliss-reactive ketones (excluding diaryl/α,β-unsaturated/α-hetero) is 1. The van der Waals surface area contributed by atoms with E-state index in [1.807, 2.05) is 0 Å². The third kappa shape index (κ3) is 2.33. The van der Waals surface area contributed by atoms with Gasteiger partial charge in [-0.25, -0.2) is 0 Å². The lowest BCUT2D eigenvalue weighted by molar-refractivity contribution is 0.0355. The summed E-state index contributed by atoms with van der Waals surface area (Å²) in [7, 11) is 0. The Balaban J connectivity index is 2.32. The molecule has 0 radical (unpaired) electrons. The van der Waals surface area contributed by atoms with Crippen LogP contribution in [0, 0.1) is 16.7 Å². The number of carbonyl (C=O) groups excluding carboxylic acids is 1. The Labute approximate surface area is 105 Å². The van der Waals surface area contributed by atoms with Crippen LogP contribution in [0.5, 0.6) is 0 Å². The molecule has 0 N–H and O–H groups in total. The van der Waals surface area contributed by atoms with E-state index in [2.05, 4.69) is 6.07 Å². The van der Waals surface area contributed by atoms with Crippen molar-refractivity contribution in [2.24, 2.45) is 5.41 Å². The van der Waals surface area contributed by atoms with Crippen molar-refractivity contribution in [3.05, 3.63) is 34.9 Å². The Morgan fingerprint density at radius 1 is 1.41 bits per heavy atom. The van der Waals surface area contributed by atoms with Crippen molar-refractivity contribution < 1.29 is 9.53 Å². The summed E-state index contributed by atoms with van der Waals surface area (Å²) in [6.45, 7) is 0.916. The zero-order chi connectivity index (χ0) is 12.3. The topological polar surface area (TPSA) is 50.1 Å². The predicted octanol–water partition coefficient (Wildman–Crippen LogP) is 2.84. The molecule has 0 atom stereocenters. The highest BCUT2D eigenvalue weighted by Gasteiger charge is 2.40. The van der Waals surface area contributed by atoms with Crippen LogP contribution in [0.15, 0.2) is 24.3 Å². The van der Waals surface area contributed by atoms with Gasteiger partial charge >= 0.3 is 0 Å². The van der Waals surface area contributed by atoms with E-state index in [0.29, 0.717) is 36.6 Å². The summed E-state index contributed by atoms with van der Waals surface area (Å²) in [5.41, 5.74) is -0.441. The number of benzene rings is 1. The Bertz CT molecular complexity index is 473. The average molecular weight is 250 g/mol. The summed E-state index contributed by atoms with van der Waals surface area (Å²) in [4.78, 5) is 12.4. The molecule has 2 rings (SSSR count). The van der Waals surface area contributed by atoms with Crippen LogP contribution in [0.25, 0.3) is 0 Å². The second-order valence-corrected chi connectivity index (χ2v) is 4.58. The van der Waals surface area contributed by atoms with E-state index in [1.165, 1.54) is 0 Å². The molecule has 1 saturated heterocycles. The average Bonchev–Trinajstić information content (AvgIpc) is 2.38. The van der Waals surface area contributed by atoms with Crippen LogP contribution in [0.2, 0.25) is 5.02 Å². The zero-order valence-electron chi connectivity index (χ0n) is 9.28. The van der Waals surface area contributed by atoms with Crippen LogP contribution in [-0.2, 0) is 4.74 Å². The molecule has 0 spiro atoms. The number of hydrogen-bond donors (Lipinski definition) is 0. The number of halogens is 1. The quantitative estimate of drug-likeness (QED) is 0.758. The molecule has 0 saturated carbocycles. The molecule has 88 valence electrons. The summed E-state index contributed by atoms with van der Waals surface area (Å²) >= 11 is 5.86. The molecule has 0 unspecified atom stereocenters. The molecule has 1 fully saturated rings. The highest BCUT2D eigenvalue weighted by molar-refractivity contribution is 6.31. The van der Waals surface area contributed by atoms with Crippen LogP contribution < -0.4 is 0 Å².